The summed E-state index contributed by atoms with van der Waals surface area (Å²) in [7, 11) is 2.02. The van der Waals surface area contributed by atoms with Crippen LogP contribution in [0.4, 0.5) is 0 Å². The quantitative estimate of drug-likeness (QED) is 0.878. The van der Waals surface area contributed by atoms with E-state index in [1.165, 1.54) is 11.3 Å². The summed E-state index contributed by atoms with van der Waals surface area (Å²) in [5.41, 5.74) is 9.89. The van der Waals surface area contributed by atoms with Gasteiger partial charge in [0.25, 0.3) is 0 Å². The van der Waals surface area contributed by atoms with Gasteiger partial charge in [-0.2, -0.15) is 5.10 Å². The second kappa shape index (κ2) is 6.23. The molecule has 108 valence electrons. The summed E-state index contributed by atoms with van der Waals surface area (Å²) in [4.78, 5) is 0. The summed E-state index contributed by atoms with van der Waals surface area (Å²) < 4.78 is 2.00. The maximum absolute atomic E-state index is 6.16. The van der Waals surface area contributed by atoms with Gasteiger partial charge < -0.3 is 5.73 Å². The van der Waals surface area contributed by atoms with Crippen molar-refractivity contribution in [3.63, 3.8) is 0 Å². The van der Waals surface area contributed by atoms with Gasteiger partial charge in [0.2, 0.25) is 0 Å². The molecule has 0 saturated carbocycles. The predicted molar refractivity (Wildman–Crippen MR) is 83.8 cm³/mol. The lowest BCUT2D eigenvalue weighted by Gasteiger charge is -2.32. The Bertz CT molecular complexity index is 539. The van der Waals surface area contributed by atoms with Gasteiger partial charge in [0, 0.05) is 31.1 Å². The number of nitrogens with zero attached hydrogens (tertiary/aromatic N) is 2. The first kappa shape index (κ1) is 14.8. The van der Waals surface area contributed by atoms with Crippen molar-refractivity contribution in [2.75, 3.05) is 6.54 Å². The fourth-order valence-corrected chi connectivity index (χ4v) is 2.81. The summed E-state index contributed by atoms with van der Waals surface area (Å²) in [6.07, 6.45) is 2.94. The number of aromatic nitrogens is 2. The molecule has 0 saturated heterocycles. The number of hydrogen-bond donors (Lipinski definition) is 1. The molecule has 0 bridgehead atoms. The van der Waals surface area contributed by atoms with E-state index in [9.17, 15) is 0 Å². The highest BCUT2D eigenvalue weighted by Crippen LogP contribution is 2.31. The largest absolute Gasteiger partial charge is 0.330 e. The van der Waals surface area contributed by atoms with Crippen LogP contribution < -0.4 is 5.73 Å². The third kappa shape index (κ3) is 2.78. The molecule has 1 atom stereocenters. The second-order valence-electron chi connectivity index (χ2n) is 5.48. The van der Waals surface area contributed by atoms with Crippen LogP contribution in [-0.2, 0) is 25.3 Å². The molecule has 0 fully saturated rings. The minimum absolute atomic E-state index is 0.0000642. The SMILES string of the molecule is CCc1cc(CC(CC)(CN)c2ccccc2)n(C)n1. The van der Waals surface area contributed by atoms with Crippen LogP contribution in [0.15, 0.2) is 36.4 Å². The van der Waals surface area contributed by atoms with Gasteiger partial charge in [-0.3, -0.25) is 4.68 Å². The van der Waals surface area contributed by atoms with Gasteiger partial charge in [0.15, 0.2) is 0 Å². The molecule has 0 radical (unpaired) electrons. The van der Waals surface area contributed by atoms with Crippen molar-refractivity contribution in [2.24, 2.45) is 12.8 Å². The molecular weight excluding hydrogens is 246 g/mol. The Kier molecular flexibility index (Phi) is 4.61. The molecule has 3 heteroatoms. The van der Waals surface area contributed by atoms with Gasteiger partial charge in [-0.25, -0.2) is 0 Å². The van der Waals surface area contributed by atoms with Crippen LogP contribution >= 0.6 is 0 Å². The second-order valence-corrected chi connectivity index (χ2v) is 5.48. The third-order valence-electron chi connectivity index (χ3n) is 4.36. The third-order valence-corrected chi connectivity index (χ3v) is 4.36. The monoisotopic (exact) mass is 271 g/mol. The van der Waals surface area contributed by atoms with Gasteiger partial charge in [-0.15, -0.1) is 0 Å². The topological polar surface area (TPSA) is 43.8 Å². The van der Waals surface area contributed by atoms with E-state index in [2.05, 4.69) is 55.3 Å². The Morgan fingerprint density at radius 3 is 2.40 bits per heavy atom. The van der Waals surface area contributed by atoms with Gasteiger partial charge in [-0.1, -0.05) is 44.2 Å². The van der Waals surface area contributed by atoms with Crippen LogP contribution in [0.5, 0.6) is 0 Å². The number of benzene rings is 1. The van der Waals surface area contributed by atoms with E-state index >= 15 is 0 Å². The van der Waals surface area contributed by atoms with E-state index in [-0.39, 0.29) is 5.41 Å². The molecule has 0 aliphatic heterocycles. The normalized spacial score (nSPS) is 14.2. The molecule has 3 nitrogen and oxygen atoms in total. The van der Waals surface area contributed by atoms with Gasteiger partial charge >= 0.3 is 0 Å². The van der Waals surface area contributed by atoms with E-state index in [0.29, 0.717) is 6.54 Å². The minimum Gasteiger partial charge on any atom is -0.330 e. The smallest absolute Gasteiger partial charge is 0.0624 e. The molecule has 1 aromatic heterocycles. The lowest BCUT2D eigenvalue weighted by Crippen LogP contribution is -2.37. The van der Waals surface area contributed by atoms with Crippen LogP contribution in [0, 0.1) is 0 Å². The molecule has 2 rings (SSSR count). The van der Waals surface area contributed by atoms with E-state index in [4.69, 9.17) is 5.73 Å². The van der Waals surface area contributed by atoms with Crippen molar-refractivity contribution in [2.45, 2.75) is 38.5 Å². The number of rotatable bonds is 6. The first-order chi connectivity index (χ1) is 9.65. The molecule has 0 aliphatic rings. The summed E-state index contributed by atoms with van der Waals surface area (Å²) in [5, 5.41) is 4.55. The predicted octanol–water partition coefficient (Wildman–Crippen LogP) is 2.83. The van der Waals surface area contributed by atoms with Gasteiger partial charge in [-0.05, 0) is 24.5 Å². The van der Waals surface area contributed by atoms with Gasteiger partial charge in [0.05, 0.1) is 5.69 Å². The van der Waals surface area contributed by atoms with Crippen LogP contribution in [0.25, 0.3) is 0 Å². The van der Waals surface area contributed by atoms with Crippen molar-refractivity contribution in [1.82, 2.24) is 9.78 Å². The Morgan fingerprint density at radius 1 is 1.20 bits per heavy atom. The summed E-state index contributed by atoms with van der Waals surface area (Å²) in [6.45, 7) is 5.01. The number of nitrogens with two attached hydrogens (primary N) is 1. The fourth-order valence-electron chi connectivity index (χ4n) is 2.81. The Labute approximate surface area is 121 Å². The number of hydrogen-bond acceptors (Lipinski definition) is 2. The molecule has 1 aromatic carbocycles. The average Bonchev–Trinajstić information content (AvgIpc) is 2.86. The van der Waals surface area contributed by atoms with Crippen LogP contribution in [-0.4, -0.2) is 16.3 Å². The summed E-state index contributed by atoms with van der Waals surface area (Å²) in [6, 6.07) is 12.8. The maximum atomic E-state index is 6.16. The molecule has 1 unspecified atom stereocenters. The van der Waals surface area contributed by atoms with Crippen molar-refractivity contribution in [3.8, 4) is 0 Å². The number of aryl methyl sites for hydroxylation is 2. The highest BCUT2D eigenvalue weighted by Gasteiger charge is 2.30. The molecular formula is C17H25N3. The zero-order valence-corrected chi connectivity index (χ0v) is 12.8. The first-order valence-corrected chi connectivity index (χ1v) is 7.42. The van der Waals surface area contributed by atoms with E-state index in [1.54, 1.807) is 0 Å². The zero-order valence-electron chi connectivity index (χ0n) is 12.8. The molecule has 0 aliphatic carbocycles. The van der Waals surface area contributed by atoms with Crippen molar-refractivity contribution >= 4 is 0 Å². The van der Waals surface area contributed by atoms with Crippen LogP contribution in [0.3, 0.4) is 0 Å². The van der Waals surface area contributed by atoms with Gasteiger partial charge in [0.1, 0.15) is 0 Å². The highest BCUT2D eigenvalue weighted by atomic mass is 15.3. The van der Waals surface area contributed by atoms with Crippen LogP contribution in [0.2, 0.25) is 0 Å². The molecule has 2 N–H and O–H groups in total. The standard InChI is InChI=1S/C17H25N3/c1-4-15-11-16(20(3)19-15)12-17(5-2,13-18)14-9-7-6-8-10-14/h6-11H,4-5,12-13,18H2,1-3H3. The minimum atomic E-state index is 0.0000642. The molecule has 20 heavy (non-hydrogen) atoms. The average molecular weight is 271 g/mol. The zero-order chi connectivity index (χ0) is 14.6. The Hall–Kier alpha value is -1.61. The molecule has 1 heterocycles. The molecule has 0 amide bonds. The summed E-state index contributed by atoms with van der Waals surface area (Å²) in [5.74, 6) is 0. The highest BCUT2D eigenvalue weighted by molar-refractivity contribution is 5.29. The van der Waals surface area contributed by atoms with Crippen molar-refractivity contribution < 1.29 is 0 Å². The van der Waals surface area contributed by atoms with Crippen molar-refractivity contribution in [3.05, 3.63) is 53.3 Å². The maximum Gasteiger partial charge on any atom is 0.0624 e. The summed E-state index contributed by atoms with van der Waals surface area (Å²) >= 11 is 0. The fraction of sp³-hybridized carbons (Fsp3) is 0.471. The van der Waals surface area contributed by atoms with E-state index < -0.39 is 0 Å². The Balaban J connectivity index is 2.36. The van der Waals surface area contributed by atoms with Crippen LogP contribution in [0.1, 0.15) is 37.2 Å². The molecule has 0 spiro atoms. The molecule has 2 aromatic rings. The Morgan fingerprint density at radius 2 is 1.90 bits per heavy atom. The first-order valence-electron chi connectivity index (χ1n) is 7.42. The van der Waals surface area contributed by atoms with E-state index in [0.717, 1.165) is 25.0 Å². The van der Waals surface area contributed by atoms with Crippen molar-refractivity contribution in [1.29, 1.82) is 0 Å². The lowest BCUT2D eigenvalue weighted by molar-refractivity contribution is 0.406. The lowest BCUT2D eigenvalue weighted by atomic mass is 9.74. The van der Waals surface area contributed by atoms with E-state index in [1.807, 2.05) is 11.7 Å².